The normalized spacial score (nSPS) is 11.5. The number of ether oxygens (including phenoxy) is 2. The zero-order chi connectivity index (χ0) is 12.4. The van der Waals surface area contributed by atoms with Crippen LogP contribution in [0.15, 0.2) is 5.16 Å². The summed E-state index contributed by atoms with van der Waals surface area (Å²) in [6.07, 6.45) is 0.315. The van der Waals surface area contributed by atoms with Crippen LogP contribution in [0.5, 0.6) is 0 Å². The molecule has 3 N–H and O–H groups in total. The van der Waals surface area contributed by atoms with Crippen molar-refractivity contribution in [2.24, 2.45) is 10.9 Å². The van der Waals surface area contributed by atoms with Crippen molar-refractivity contribution in [3.8, 4) is 0 Å². The number of methoxy groups -OCH3 is 2. The Balaban J connectivity index is 4.14. The zero-order valence-corrected chi connectivity index (χ0v) is 9.68. The quantitative estimate of drug-likeness (QED) is 0.249. The van der Waals surface area contributed by atoms with Crippen LogP contribution in [-0.2, 0) is 14.3 Å². The maximum atomic E-state index is 11.6. The van der Waals surface area contributed by atoms with E-state index >= 15 is 0 Å². The molecule has 7 heteroatoms. The molecule has 0 bridgehead atoms. The molecule has 0 saturated heterocycles. The minimum absolute atomic E-state index is 0.0138. The lowest BCUT2D eigenvalue weighted by molar-refractivity contribution is -0.135. The molecule has 0 radical (unpaired) electrons. The van der Waals surface area contributed by atoms with Crippen molar-refractivity contribution in [3.05, 3.63) is 0 Å². The van der Waals surface area contributed by atoms with Gasteiger partial charge in [-0.25, -0.2) is 0 Å². The van der Waals surface area contributed by atoms with Gasteiger partial charge in [0.05, 0.1) is 6.61 Å². The van der Waals surface area contributed by atoms with Gasteiger partial charge in [0.25, 0.3) is 0 Å². The monoisotopic (exact) mass is 233 g/mol. The van der Waals surface area contributed by atoms with Gasteiger partial charge in [-0.1, -0.05) is 5.16 Å². The largest absolute Gasteiger partial charge is 0.409 e. The van der Waals surface area contributed by atoms with Crippen LogP contribution in [0, 0.1) is 0 Å². The fourth-order valence-corrected chi connectivity index (χ4v) is 1.08. The second-order valence-corrected chi connectivity index (χ2v) is 3.15. The van der Waals surface area contributed by atoms with Crippen molar-refractivity contribution in [1.29, 1.82) is 0 Å². The standard InChI is InChI=1S/C9H19N3O4/c1-15-6-5-12(9(13)7-16-2)4-3-8(10)11-14/h14H,3-7H2,1-2H3,(H2,10,11). The van der Waals surface area contributed by atoms with E-state index in [1.165, 1.54) is 7.11 Å². The van der Waals surface area contributed by atoms with E-state index in [0.29, 0.717) is 26.1 Å². The molecule has 0 fully saturated rings. The summed E-state index contributed by atoms with van der Waals surface area (Å²) in [6, 6.07) is 0. The van der Waals surface area contributed by atoms with E-state index in [2.05, 4.69) is 5.16 Å². The fourth-order valence-electron chi connectivity index (χ4n) is 1.08. The number of amides is 1. The highest BCUT2D eigenvalue weighted by atomic mass is 16.5. The molecule has 7 nitrogen and oxygen atoms in total. The van der Waals surface area contributed by atoms with Crippen molar-refractivity contribution in [3.63, 3.8) is 0 Å². The molecule has 0 rings (SSSR count). The first-order valence-corrected chi connectivity index (χ1v) is 4.87. The summed E-state index contributed by atoms with van der Waals surface area (Å²) >= 11 is 0. The van der Waals surface area contributed by atoms with E-state index in [0.717, 1.165) is 0 Å². The maximum Gasteiger partial charge on any atom is 0.248 e. The van der Waals surface area contributed by atoms with Gasteiger partial charge in [-0.3, -0.25) is 4.79 Å². The van der Waals surface area contributed by atoms with Gasteiger partial charge in [0.15, 0.2) is 0 Å². The predicted octanol–water partition coefficient (Wildman–Crippen LogP) is -0.756. The summed E-state index contributed by atoms with van der Waals surface area (Å²) in [7, 11) is 3.01. The summed E-state index contributed by atoms with van der Waals surface area (Å²) in [5.41, 5.74) is 5.32. The molecule has 0 aliphatic rings. The highest BCUT2D eigenvalue weighted by Gasteiger charge is 2.13. The predicted molar refractivity (Wildman–Crippen MR) is 58.4 cm³/mol. The molecule has 1 amide bonds. The zero-order valence-electron chi connectivity index (χ0n) is 9.68. The topological polar surface area (TPSA) is 97.4 Å². The van der Waals surface area contributed by atoms with Crippen molar-refractivity contribution in [2.75, 3.05) is 40.5 Å². The number of hydrogen-bond acceptors (Lipinski definition) is 5. The Hall–Kier alpha value is -1.34. The first-order valence-electron chi connectivity index (χ1n) is 4.87. The smallest absolute Gasteiger partial charge is 0.248 e. The van der Waals surface area contributed by atoms with Crippen molar-refractivity contribution in [1.82, 2.24) is 4.90 Å². The van der Waals surface area contributed by atoms with E-state index < -0.39 is 0 Å². The van der Waals surface area contributed by atoms with Crippen LogP contribution in [0.2, 0.25) is 0 Å². The van der Waals surface area contributed by atoms with Crippen LogP contribution in [0.4, 0.5) is 0 Å². The van der Waals surface area contributed by atoms with Gasteiger partial charge in [-0.05, 0) is 0 Å². The van der Waals surface area contributed by atoms with Crippen LogP contribution < -0.4 is 5.73 Å². The molecule has 0 spiro atoms. The highest BCUT2D eigenvalue weighted by Crippen LogP contribution is 1.94. The molecule has 0 saturated carbocycles. The van der Waals surface area contributed by atoms with Crippen LogP contribution >= 0.6 is 0 Å². The van der Waals surface area contributed by atoms with E-state index in [1.807, 2.05) is 0 Å². The van der Waals surface area contributed by atoms with Crippen LogP contribution in [0.1, 0.15) is 6.42 Å². The lowest BCUT2D eigenvalue weighted by atomic mass is 10.3. The number of rotatable bonds is 8. The van der Waals surface area contributed by atoms with Gasteiger partial charge in [-0.15, -0.1) is 0 Å². The first-order chi connectivity index (χ1) is 7.65. The third kappa shape index (κ3) is 6.20. The van der Waals surface area contributed by atoms with E-state index in [4.69, 9.17) is 20.4 Å². The van der Waals surface area contributed by atoms with Crippen molar-refractivity contribution in [2.45, 2.75) is 6.42 Å². The Morgan fingerprint density at radius 1 is 1.38 bits per heavy atom. The third-order valence-corrected chi connectivity index (χ3v) is 1.95. The lowest BCUT2D eigenvalue weighted by Gasteiger charge is -2.21. The number of oxime groups is 1. The van der Waals surface area contributed by atoms with Crippen LogP contribution in [0.25, 0.3) is 0 Å². The summed E-state index contributed by atoms with van der Waals surface area (Å²) in [4.78, 5) is 13.1. The van der Waals surface area contributed by atoms with Gasteiger partial charge >= 0.3 is 0 Å². The average Bonchev–Trinajstić information content (AvgIpc) is 2.29. The first kappa shape index (κ1) is 14.7. The minimum atomic E-state index is -0.148. The molecule has 16 heavy (non-hydrogen) atoms. The molecule has 0 aromatic rings. The SMILES string of the molecule is COCCN(CCC(N)=NO)C(=O)COC. The van der Waals surface area contributed by atoms with E-state index in [-0.39, 0.29) is 18.3 Å². The second kappa shape index (κ2) is 8.93. The Kier molecular flexibility index (Phi) is 8.18. The molecule has 0 heterocycles. The molecule has 94 valence electrons. The summed E-state index contributed by atoms with van der Waals surface area (Å²) in [6.45, 7) is 1.28. The third-order valence-electron chi connectivity index (χ3n) is 1.95. The lowest BCUT2D eigenvalue weighted by Crippen LogP contribution is -2.38. The molecule has 0 unspecified atom stereocenters. The summed E-state index contributed by atoms with van der Waals surface area (Å²) < 4.78 is 9.64. The number of nitrogens with two attached hydrogens (primary N) is 1. The molecular weight excluding hydrogens is 214 g/mol. The molecule has 0 aromatic heterocycles. The Morgan fingerprint density at radius 2 is 2.06 bits per heavy atom. The average molecular weight is 233 g/mol. The van der Waals surface area contributed by atoms with Crippen molar-refractivity contribution < 1.29 is 19.5 Å². The minimum Gasteiger partial charge on any atom is -0.409 e. The van der Waals surface area contributed by atoms with Gasteiger partial charge in [-0.2, -0.15) is 0 Å². The van der Waals surface area contributed by atoms with Crippen molar-refractivity contribution >= 4 is 11.7 Å². The number of amidine groups is 1. The number of hydrogen-bond donors (Lipinski definition) is 2. The molecule has 0 aliphatic carbocycles. The van der Waals surface area contributed by atoms with Gasteiger partial charge in [0, 0.05) is 33.7 Å². The van der Waals surface area contributed by atoms with Crippen LogP contribution in [0.3, 0.4) is 0 Å². The van der Waals surface area contributed by atoms with Gasteiger partial charge < -0.3 is 25.3 Å². The molecule has 0 atom stereocenters. The number of carbonyl (C=O) groups excluding carboxylic acids is 1. The van der Waals surface area contributed by atoms with E-state index in [9.17, 15) is 4.79 Å². The Labute approximate surface area is 94.8 Å². The molecule has 0 aromatic carbocycles. The summed E-state index contributed by atoms with van der Waals surface area (Å²) in [5, 5.41) is 11.2. The molecular formula is C9H19N3O4. The van der Waals surface area contributed by atoms with E-state index in [1.54, 1.807) is 12.0 Å². The Morgan fingerprint density at radius 3 is 2.56 bits per heavy atom. The van der Waals surface area contributed by atoms with Crippen LogP contribution in [-0.4, -0.2) is 62.4 Å². The van der Waals surface area contributed by atoms with Gasteiger partial charge in [0.2, 0.25) is 5.91 Å². The van der Waals surface area contributed by atoms with Gasteiger partial charge in [0.1, 0.15) is 12.4 Å². The fraction of sp³-hybridized carbons (Fsp3) is 0.778. The summed E-state index contributed by atoms with van der Waals surface area (Å²) in [5.74, 6) is -0.0575. The maximum absolute atomic E-state index is 11.6. The molecule has 0 aliphatic heterocycles. The highest BCUT2D eigenvalue weighted by molar-refractivity contribution is 5.81. The second-order valence-electron chi connectivity index (χ2n) is 3.15. The number of nitrogens with zero attached hydrogens (tertiary/aromatic N) is 2. The Bertz CT molecular complexity index is 233. The number of carbonyl (C=O) groups is 1.